The standard InChI is InChI=1S/C17H18N.C16H8FN2O.Ir/c1-5-12-8-9-13-15(11(12)2)17(3,4)14-7-6-10-18-16(13)14;17-12-8-18-9-14-15(12)11-5-3-4-10(16(11)20-14)13-6-1-2-7-19-13;/h6-8,10H,5H2,1-4H3;1-3,5-9H;/q2*-1;. The number of hydrogen-bond donors (Lipinski definition) is 0. The van der Waals surface area contributed by atoms with Crippen molar-refractivity contribution in [1.82, 2.24) is 15.0 Å². The minimum Gasteiger partial charge on any atom is -0.499 e. The second-order valence-corrected chi connectivity index (χ2v) is 9.97. The molecule has 0 unspecified atom stereocenters. The molecule has 0 amide bonds. The first-order chi connectivity index (χ1) is 18.4. The Morgan fingerprint density at radius 2 is 1.79 bits per heavy atom. The van der Waals surface area contributed by atoms with Gasteiger partial charge in [0.15, 0.2) is 5.82 Å². The fourth-order valence-electron chi connectivity index (χ4n) is 5.62. The molecule has 2 aromatic carbocycles. The average Bonchev–Trinajstić information content (AvgIpc) is 3.44. The SMILES string of the molecule is CCc1c[c-]c2c(c1C)C(C)(C)c1cccnc1-2.Fc1cncc2oc3c(-c4ccccn4)[c-]ccc3c12.[Ir]. The van der Waals surface area contributed by atoms with Crippen LogP contribution in [0.5, 0.6) is 0 Å². The van der Waals surface area contributed by atoms with E-state index in [-0.39, 0.29) is 31.3 Å². The number of hydrogen-bond acceptors (Lipinski definition) is 4. The van der Waals surface area contributed by atoms with Crippen molar-refractivity contribution in [3.05, 3.63) is 114 Å². The zero-order valence-corrected chi connectivity index (χ0v) is 24.5. The molecule has 0 aliphatic heterocycles. The molecule has 0 bridgehead atoms. The Bertz CT molecular complexity index is 1810. The first-order valence-corrected chi connectivity index (χ1v) is 12.7. The number of rotatable bonds is 2. The van der Waals surface area contributed by atoms with E-state index >= 15 is 0 Å². The summed E-state index contributed by atoms with van der Waals surface area (Å²) < 4.78 is 19.7. The minimum atomic E-state index is -0.389. The summed E-state index contributed by atoms with van der Waals surface area (Å²) in [6.45, 7) is 9.02. The van der Waals surface area contributed by atoms with E-state index in [2.05, 4.69) is 66.9 Å². The molecule has 6 heteroatoms. The number of nitrogens with zero attached hydrogens (tertiary/aromatic N) is 3. The summed E-state index contributed by atoms with van der Waals surface area (Å²) in [4.78, 5) is 12.7. The van der Waals surface area contributed by atoms with Crippen molar-refractivity contribution in [3.8, 4) is 22.5 Å². The summed E-state index contributed by atoms with van der Waals surface area (Å²) in [6.07, 6.45) is 7.35. The molecule has 1 radical (unpaired) electrons. The number of pyridine rings is 3. The Morgan fingerprint density at radius 1 is 0.974 bits per heavy atom. The fourth-order valence-corrected chi connectivity index (χ4v) is 5.62. The molecule has 0 fully saturated rings. The molecule has 0 saturated heterocycles. The van der Waals surface area contributed by atoms with Gasteiger partial charge in [-0.1, -0.05) is 68.8 Å². The number of benzene rings is 2. The molecular formula is C33H26FIrN3O-2. The van der Waals surface area contributed by atoms with Crippen LogP contribution in [0.15, 0.2) is 77.7 Å². The molecule has 4 heterocycles. The largest absolute Gasteiger partial charge is 0.499 e. The molecule has 0 atom stereocenters. The van der Waals surface area contributed by atoms with Crippen molar-refractivity contribution in [3.63, 3.8) is 0 Å². The molecule has 0 saturated carbocycles. The van der Waals surface area contributed by atoms with E-state index in [1.54, 1.807) is 18.3 Å². The van der Waals surface area contributed by atoms with E-state index in [1.165, 1.54) is 40.2 Å². The second-order valence-electron chi connectivity index (χ2n) is 9.97. The molecule has 0 N–H and O–H groups in total. The maximum absolute atomic E-state index is 13.9. The van der Waals surface area contributed by atoms with Gasteiger partial charge in [-0.15, -0.1) is 52.6 Å². The molecule has 39 heavy (non-hydrogen) atoms. The Labute approximate surface area is 240 Å². The number of furan rings is 1. The first-order valence-electron chi connectivity index (χ1n) is 12.7. The van der Waals surface area contributed by atoms with Gasteiger partial charge in [0.25, 0.3) is 0 Å². The zero-order chi connectivity index (χ0) is 26.4. The minimum absolute atomic E-state index is 0. The van der Waals surface area contributed by atoms with E-state index in [4.69, 9.17) is 4.42 Å². The van der Waals surface area contributed by atoms with E-state index in [0.717, 1.165) is 23.4 Å². The Kier molecular flexibility index (Phi) is 7.19. The molecule has 4 nitrogen and oxygen atoms in total. The maximum atomic E-state index is 13.9. The van der Waals surface area contributed by atoms with Gasteiger partial charge in [0.05, 0.1) is 18.0 Å². The second kappa shape index (κ2) is 10.4. The van der Waals surface area contributed by atoms with Gasteiger partial charge in [-0.25, -0.2) is 4.39 Å². The summed E-state index contributed by atoms with van der Waals surface area (Å²) in [7, 11) is 0. The third-order valence-corrected chi connectivity index (χ3v) is 7.44. The van der Waals surface area contributed by atoms with Gasteiger partial charge < -0.3 is 14.4 Å². The monoisotopic (exact) mass is 692 g/mol. The van der Waals surface area contributed by atoms with Crippen LogP contribution >= 0.6 is 0 Å². The molecule has 1 aliphatic rings. The zero-order valence-electron chi connectivity index (χ0n) is 22.1. The maximum Gasteiger partial charge on any atom is 0.151 e. The van der Waals surface area contributed by atoms with E-state index in [0.29, 0.717) is 21.9 Å². The van der Waals surface area contributed by atoms with Gasteiger partial charge in [-0.2, -0.15) is 0 Å². The van der Waals surface area contributed by atoms with Crippen LogP contribution in [-0.4, -0.2) is 15.0 Å². The molecule has 7 rings (SSSR count). The summed E-state index contributed by atoms with van der Waals surface area (Å²) in [5, 5.41) is 1.15. The van der Waals surface area contributed by atoms with Gasteiger partial charge in [-0.3, -0.25) is 4.98 Å². The molecule has 1 aliphatic carbocycles. The Hall–Kier alpha value is -3.73. The van der Waals surface area contributed by atoms with Gasteiger partial charge in [0, 0.05) is 37.9 Å². The Balaban J connectivity index is 0.000000155. The number of aromatic nitrogens is 3. The van der Waals surface area contributed by atoms with Crippen LogP contribution in [-0.2, 0) is 31.9 Å². The fraction of sp³-hybridized carbons (Fsp3) is 0.182. The third-order valence-electron chi connectivity index (χ3n) is 7.44. The Morgan fingerprint density at radius 3 is 2.56 bits per heavy atom. The van der Waals surface area contributed by atoms with E-state index < -0.39 is 0 Å². The quantitative estimate of drug-likeness (QED) is 0.173. The first kappa shape index (κ1) is 26.9. The van der Waals surface area contributed by atoms with Crippen LogP contribution in [0.1, 0.15) is 43.0 Å². The van der Waals surface area contributed by atoms with Crippen molar-refractivity contribution in [2.45, 2.75) is 39.5 Å². The van der Waals surface area contributed by atoms with Gasteiger partial charge >= 0.3 is 0 Å². The summed E-state index contributed by atoms with van der Waals surface area (Å²) in [6, 6.07) is 22.1. The molecular weight excluding hydrogens is 666 g/mol. The normalized spacial score (nSPS) is 12.8. The molecule has 197 valence electrons. The molecule has 6 aromatic rings. The van der Waals surface area contributed by atoms with Crippen molar-refractivity contribution in [1.29, 1.82) is 0 Å². The smallest absolute Gasteiger partial charge is 0.151 e. The summed E-state index contributed by atoms with van der Waals surface area (Å²) in [5.41, 5.74) is 10.4. The van der Waals surface area contributed by atoms with Crippen LogP contribution in [0.2, 0.25) is 0 Å². The van der Waals surface area contributed by atoms with Gasteiger partial charge in [0.1, 0.15) is 5.58 Å². The third kappa shape index (κ3) is 4.38. The summed E-state index contributed by atoms with van der Waals surface area (Å²) in [5.74, 6) is -0.389. The number of aryl methyl sites for hydroxylation is 1. The number of halogens is 1. The van der Waals surface area contributed by atoms with E-state index in [9.17, 15) is 4.39 Å². The van der Waals surface area contributed by atoms with Crippen LogP contribution in [0.3, 0.4) is 0 Å². The van der Waals surface area contributed by atoms with Crippen LogP contribution in [0, 0.1) is 24.9 Å². The van der Waals surface area contributed by atoms with Gasteiger partial charge in [-0.05, 0) is 28.9 Å². The van der Waals surface area contributed by atoms with Crippen molar-refractivity contribution in [2.75, 3.05) is 0 Å². The predicted octanol–water partition coefficient (Wildman–Crippen LogP) is 8.04. The van der Waals surface area contributed by atoms with Crippen molar-refractivity contribution < 1.29 is 28.9 Å². The van der Waals surface area contributed by atoms with Crippen LogP contribution in [0.4, 0.5) is 4.39 Å². The average molecular weight is 692 g/mol. The van der Waals surface area contributed by atoms with Crippen LogP contribution < -0.4 is 0 Å². The van der Waals surface area contributed by atoms with Crippen LogP contribution in [0.25, 0.3) is 44.5 Å². The number of fused-ring (bicyclic) bond motifs is 6. The van der Waals surface area contributed by atoms with Crippen molar-refractivity contribution in [2.24, 2.45) is 0 Å². The van der Waals surface area contributed by atoms with E-state index in [1.807, 2.05) is 30.5 Å². The van der Waals surface area contributed by atoms with Gasteiger partial charge in [0.2, 0.25) is 0 Å². The summed E-state index contributed by atoms with van der Waals surface area (Å²) >= 11 is 0. The predicted molar refractivity (Wildman–Crippen MR) is 148 cm³/mol. The molecule has 4 aromatic heterocycles. The molecule has 0 spiro atoms. The topological polar surface area (TPSA) is 51.8 Å². The van der Waals surface area contributed by atoms with Crippen molar-refractivity contribution >= 4 is 21.9 Å².